The van der Waals surface area contributed by atoms with Gasteiger partial charge >= 0.3 is 0 Å². The molecule has 0 saturated carbocycles. The van der Waals surface area contributed by atoms with Crippen molar-refractivity contribution < 1.29 is 4.52 Å². The summed E-state index contributed by atoms with van der Waals surface area (Å²) >= 11 is 6.04. The third-order valence-corrected chi connectivity index (χ3v) is 5.57. The van der Waals surface area contributed by atoms with Crippen LogP contribution in [-0.4, -0.2) is 47.7 Å². The Kier molecular flexibility index (Phi) is 8.71. The van der Waals surface area contributed by atoms with Gasteiger partial charge in [-0.15, -0.1) is 24.0 Å². The summed E-state index contributed by atoms with van der Waals surface area (Å²) in [6.07, 6.45) is 2.93. The van der Waals surface area contributed by atoms with E-state index in [1.807, 2.05) is 31.3 Å². The SMILES string of the molecule is CN=C(NCCc1nc(-c2cccc(Cl)c2)no1)N1CCC(Cc2ccccc2)C1.I. The minimum absolute atomic E-state index is 0. The Hall–Kier alpha value is -2.13. The third kappa shape index (κ3) is 6.43. The average molecular weight is 552 g/mol. The lowest BCUT2D eigenvalue weighted by Gasteiger charge is -2.21. The van der Waals surface area contributed by atoms with Crippen LogP contribution in [0.1, 0.15) is 17.9 Å². The molecule has 0 radical (unpaired) electrons. The van der Waals surface area contributed by atoms with Gasteiger partial charge in [0.2, 0.25) is 11.7 Å². The van der Waals surface area contributed by atoms with E-state index in [0.717, 1.165) is 31.0 Å². The van der Waals surface area contributed by atoms with Crippen LogP contribution in [0.3, 0.4) is 0 Å². The molecule has 164 valence electrons. The Morgan fingerprint density at radius 3 is 2.84 bits per heavy atom. The summed E-state index contributed by atoms with van der Waals surface area (Å²) in [6, 6.07) is 18.1. The van der Waals surface area contributed by atoms with Crippen molar-refractivity contribution in [3.05, 3.63) is 71.1 Å². The molecule has 0 bridgehead atoms. The van der Waals surface area contributed by atoms with Gasteiger partial charge < -0.3 is 14.7 Å². The zero-order valence-corrected chi connectivity index (χ0v) is 20.6. The Bertz CT molecular complexity index is 994. The molecule has 1 aromatic heterocycles. The van der Waals surface area contributed by atoms with E-state index in [2.05, 4.69) is 55.7 Å². The number of halogens is 2. The number of likely N-dealkylation sites (tertiary alicyclic amines) is 1. The lowest BCUT2D eigenvalue weighted by molar-refractivity contribution is 0.377. The highest BCUT2D eigenvalue weighted by Gasteiger charge is 2.25. The van der Waals surface area contributed by atoms with Crippen LogP contribution in [-0.2, 0) is 12.8 Å². The smallest absolute Gasteiger partial charge is 0.228 e. The van der Waals surface area contributed by atoms with Gasteiger partial charge in [0.25, 0.3) is 0 Å². The van der Waals surface area contributed by atoms with Crippen LogP contribution in [0.25, 0.3) is 11.4 Å². The molecular weight excluding hydrogens is 525 g/mol. The topological polar surface area (TPSA) is 66.5 Å². The van der Waals surface area contributed by atoms with Gasteiger partial charge in [-0.25, -0.2) is 0 Å². The summed E-state index contributed by atoms with van der Waals surface area (Å²) < 4.78 is 5.39. The Morgan fingerprint density at radius 1 is 1.23 bits per heavy atom. The predicted molar refractivity (Wildman–Crippen MR) is 135 cm³/mol. The van der Waals surface area contributed by atoms with Crippen LogP contribution < -0.4 is 5.32 Å². The molecule has 1 fully saturated rings. The maximum Gasteiger partial charge on any atom is 0.228 e. The molecule has 6 nitrogen and oxygen atoms in total. The van der Waals surface area contributed by atoms with Crippen molar-refractivity contribution in [2.45, 2.75) is 19.3 Å². The maximum atomic E-state index is 6.04. The number of nitrogens with one attached hydrogen (secondary N) is 1. The van der Waals surface area contributed by atoms with E-state index in [1.54, 1.807) is 0 Å². The number of guanidine groups is 1. The van der Waals surface area contributed by atoms with Crippen molar-refractivity contribution in [1.29, 1.82) is 0 Å². The standard InChI is InChI=1S/C23H26ClN5O.HI/c1-25-23(29-13-11-18(16-29)14-17-6-3-2-4-7-17)26-12-10-21-27-22(28-30-21)19-8-5-9-20(24)15-19;/h2-9,15,18H,10-14,16H2,1H3,(H,25,26);1H. The van der Waals surface area contributed by atoms with Crippen LogP contribution in [0.15, 0.2) is 64.1 Å². The summed E-state index contributed by atoms with van der Waals surface area (Å²) in [6.45, 7) is 2.73. The first-order valence-electron chi connectivity index (χ1n) is 10.3. The Morgan fingerprint density at radius 2 is 2.06 bits per heavy atom. The van der Waals surface area contributed by atoms with E-state index in [4.69, 9.17) is 16.1 Å². The Balaban J connectivity index is 0.00000272. The minimum atomic E-state index is 0. The van der Waals surface area contributed by atoms with E-state index in [0.29, 0.717) is 35.6 Å². The van der Waals surface area contributed by atoms with Crippen molar-refractivity contribution in [1.82, 2.24) is 20.4 Å². The van der Waals surface area contributed by atoms with Gasteiger partial charge in [0.15, 0.2) is 5.96 Å². The van der Waals surface area contributed by atoms with Gasteiger partial charge in [-0.05, 0) is 36.5 Å². The van der Waals surface area contributed by atoms with Gasteiger partial charge in [0, 0.05) is 43.7 Å². The Labute approximate surface area is 205 Å². The lowest BCUT2D eigenvalue weighted by atomic mass is 9.99. The number of rotatable bonds is 6. The number of nitrogens with zero attached hydrogens (tertiary/aromatic N) is 4. The summed E-state index contributed by atoms with van der Waals surface area (Å²) in [7, 11) is 1.83. The summed E-state index contributed by atoms with van der Waals surface area (Å²) in [5, 5.41) is 8.14. The van der Waals surface area contributed by atoms with E-state index >= 15 is 0 Å². The number of hydrogen-bond acceptors (Lipinski definition) is 4. The zero-order valence-electron chi connectivity index (χ0n) is 17.5. The highest BCUT2D eigenvalue weighted by Crippen LogP contribution is 2.21. The molecule has 0 aliphatic carbocycles. The fourth-order valence-electron chi connectivity index (χ4n) is 3.85. The van der Waals surface area contributed by atoms with Gasteiger partial charge in [-0.1, -0.05) is 59.2 Å². The van der Waals surface area contributed by atoms with Crippen molar-refractivity contribution in [2.24, 2.45) is 10.9 Å². The summed E-state index contributed by atoms with van der Waals surface area (Å²) in [5.74, 6) is 2.73. The third-order valence-electron chi connectivity index (χ3n) is 5.34. The lowest BCUT2D eigenvalue weighted by Crippen LogP contribution is -2.41. The first-order valence-corrected chi connectivity index (χ1v) is 10.7. The number of hydrogen-bond donors (Lipinski definition) is 1. The molecule has 3 aromatic rings. The van der Waals surface area contributed by atoms with Crippen LogP contribution in [0, 0.1) is 5.92 Å². The molecule has 31 heavy (non-hydrogen) atoms. The van der Waals surface area contributed by atoms with E-state index in [9.17, 15) is 0 Å². The second-order valence-corrected chi connectivity index (χ2v) is 7.97. The fourth-order valence-corrected chi connectivity index (χ4v) is 4.04. The summed E-state index contributed by atoms with van der Waals surface area (Å²) in [4.78, 5) is 11.3. The van der Waals surface area contributed by atoms with Crippen LogP contribution in [0.2, 0.25) is 5.02 Å². The highest BCUT2D eigenvalue weighted by molar-refractivity contribution is 14.0. The molecule has 1 N–H and O–H groups in total. The molecule has 0 amide bonds. The molecule has 1 aliphatic rings. The molecule has 1 saturated heterocycles. The predicted octanol–water partition coefficient (Wildman–Crippen LogP) is 4.69. The molecule has 2 aromatic carbocycles. The van der Waals surface area contributed by atoms with Crippen LogP contribution in [0.5, 0.6) is 0 Å². The maximum absolute atomic E-state index is 6.04. The van der Waals surface area contributed by atoms with Gasteiger partial charge in [-0.2, -0.15) is 4.98 Å². The van der Waals surface area contributed by atoms with E-state index in [1.165, 1.54) is 12.0 Å². The average Bonchev–Trinajstić information content (AvgIpc) is 3.42. The molecule has 0 spiro atoms. The molecule has 8 heteroatoms. The monoisotopic (exact) mass is 551 g/mol. The normalized spacial score (nSPS) is 16.3. The molecule has 4 rings (SSSR count). The van der Waals surface area contributed by atoms with E-state index < -0.39 is 0 Å². The molecule has 2 heterocycles. The van der Waals surface area contributed by atoms with Crippen molar-refractivity contribution in [3.63, 3.8) is 0 Å². The van der Waals surface area contributed by atoms with Crippen LogP contribution >= 0.6 is 35.6 Å². The zero-order chi connectivity index (χ0) is 20.8. The largest absolute Gasteiger partial charge is 0.356 e. The molecule has 1 atom stereocenters. The van der Waals surface area contributed by atoms with Crippen molar-refractivity contribution in [2.75, 3.05) is 26.7 Å². The van der Waals surface area contributed by atoms with Crippen molar-refractivity contribution in [3.8, 4) is 11.4 Å². The summed E-state index contributed by atoms with van der Waals surface area (Å²) in [5.41, 5.74) is 2.25. The van der Waals surface area contributed by atoms with Crippen molar-refractivity contribution >= 4 is 41.5 Å². The fraction of sp³-hybridized carbons (Fsp3) is 0.348. The second-order valence-electron chi connectivity index (χ2n) is 7.54. The van der Waals surface area contributed by atoms with E-state index in [-0.39, 0.29) is 24.0 Å². The highest BCUT2D eigenvalue weighted by atomic mass is 127. The second kappa shape index (κ2) is 11.5. The first kappa shape index (κ1) is 23.5. The minimum Gasteiger partial charge on any atom is -0.356 e. The number of benzene rings is 2. The number of aliphatic imine (C=N–C) groups is 1. The number of aromatic nitrogens is 2. The quantitative estimate of drug-likeness (QED) is 0.274. The van der Waals surface area contributed by atoms with Gasteiger partial charge in [0.05, 0.1) is 0 Å². The van der Waals surface area contributed by atoms with Gasteiger partial charge in [0.1, 0.15) is 0 Å². The molecule has 1 unspecified atom stereocenters. The molecular formula is C23H27ClIN5O. The first-order chi connectivity index (χ1) is 14.7. The van der Waals surface area contributed by atoms with Crippen LogP contribution in [0.4, 0.5) is 0 Å². The molecule has 1 aliphatic heterocycles. The van der Waals surface area contributed by atoms with Gasteiger partial charge in [-0.3, -0.25) is 4.99 Å².